The van der Waals surface area contributed by atoms with Gasteiger partial charge in [0, 0.05) is 13.1 Å². The number of anilines is 1. The van der Waals surface area contributed by atoms with Crippen molar-refractivity contribution in [3.05, 3.63) is 11.8 Å². The number of aromatic nitrogens is 2. The molecule has 0 aliphatic heterocycles. The summed E-state index contributed by atoms with van der Waals surface area (Å²) in [6.07, 6.45) is -0.885. The molecule has 0 amide bonds. The third-order valence-electron chi connectivity index (χ3n) is 1.71. The fraction of sp³-hybridized carbons (Fsp3) is 0.500. The smallest absolute Gasteiger partial charge is 0.276 e. The van der Waals surface area contributed by atoms with Gasteiger partial charge in [-0.25, -0.2) is 23.8 Å². The highest BCUT2D eigenvalue weighted by atomic mass is 32.2. The molecule has 0 bridgehead atoms. The predicted molar refractivity (Wildman–Crippen MR) is 54.2 cm³/mol. The summed E-state index contributed by atoms with van der Waals surface area (Å²) < 4.78 is 24.9. The molecule has 0 saturated heterocycles. The molecule has 0 radical (unpaired) electrons. The van der Waals surface area contributed by atoms with Crippen LogP contribution in [0, 0.1) is 0 Å². The second kappa shape index (κ2) is 5.22. The van der Waals surface area contributed by atoms with Crippen molar-refractivity contribution in [1.29, 1.82) is 0 Å². The van der Waals surface area contributed by atoms with Crippen molar-refractivity contribution >= 4 is 17.6 Å². The first kappa shape index (κ1) is 12.1. The van der Waals surface area contributed by atoms with Crippen LogP contribution in [0.3, 0.4) is 0 Å². The number of thioether (sulfide) groups is 1. The maximum Gasteiger partial charge on any atom is 0.280 e. The first-order valence-electron chi connectivity index (χ1n) is 4.07. The van der Waals surface area contributed by atoms with Gasteiger partial charge in [-0.3, -0.25) is 4.84 Å². The third kappa shape index (κ3) is 3.00. The molecule has 0 saturated carbocycles. The Kier molecular flexibility index (Phi) is 4.22. The average Bonchev–Trinajstić information content (AvgIpc) is 2.27. The van der Waals surface area contributed by atoms with Crippen LogP contribution in [0.4, 0.5) is 14.6 Å². The lowest BCUT2D eigenvalue weighted by Crippen LogP contribution is -2.17. The van der Waals surface area contributed by atoms with E-state index in [1.54, 1.807) is 13.3 Å². The zero-order valence-corrected chi connectivity index (χ0v) is 9.39. The van der Waals surface area contributed by atoms with E-state index in [1.807, 2.05) is 0 Å². The second-order valence-corrected chi connectivity index (χ2v) is 3.39. The highest BCUT2D eigenvalue weighted by molar-refractivity contribution is 7.98. The van der Waals surface area contributed by atoms with Crippen molar-refractivity contribution in [3.63, 3.8) is 0 Å². The van der Waals surface area contributed by atoms with Crippen molar-refractivity contribution in [3.8, 4) is 0 Å². The Hall–Kier alpha value is -0.950. The van der Waals surface area contributed by atoms with Crippen LogP contribution in [0.1, 0.15) is 12.1 Å². The van der Waals surface area contributed by atoms with E-state index in [0.29, 0.717) is 11.0 Å². The first-order valence-corrected chi connectivity index (χ1v) is 5.30. The summed E-state index contributed by atoms with van der Waals surface area (Å²) in [6, 6.07) is 1.20. The minimum absolute atomic E-state index is 0.298. The fourth-order valence-corrected chi connectivity index (χ4v) is 1.27. The lowest BCUT2D eigenvalue weighted by Gasteiger charge is -2.15. The van der Waals surface area contributed by atoms with Crippen molar-refractivity contribution in [2.45, 2.75) is 11.6 Å². The molecule has 0 atom stereocenters. The maximum absolute atomic E-state index is 12.5. The average molecular weight is 235 g/mol. The van der Waals surface area contributed by atoms with E-state index in [4.69, 9.17) is 4.84 Å². The number of alkyl halides is 2. The van der Waals surface area contributed by atoms with E-state index in [9.17, 15) is 8.78 Å². The summed E-state index contributed by atoms with van der Waals surface area (Å²) in [7, 11) is 3.02. The number of nitrogens with zero attached hydrogens (tertiary/aromatic N) is 3. The van der Waals surface area contributed by atoms with Gasteiger partial charge in [-0.1, -0.05) is 11.8 Å². The van der Waals surface area contributed by atoms with Crippen LogP contribution in [0.25, 0.3) is 0 Å². The largest absolute Gasteiger partial charge is 0.280 e. The van der Waals surface area contributed by atoms with Gasteiger partial charge in [-0.2, -0.15) is 0 Å². The lowest BCUT2D eigenvalue weighted by molar-refractivity contribution is 0.144. The van der Waals surface area contributed by atoms with E-state index in [2.05, 4.69) is 9.97 Å². The van der Waals surface area contributed by atoms with E-state index in [0.717, 1.165) is 0 Å². The van der Waals surface area contributed by atoms with Crippen LogP contribution < -0.4 is 5.06 Å². The molecular formula is C8H11F2N3OS. The molecule has 1 aromatic heterocycles. The molecule has 0 aliphatic carbocycles. The molecule has 0 unspecified atom stereocenters. The predicted octanol–water partition coefficient (Wildman–Crippen LogP) is 2.13. The molecule has 0 spiro atoms. The van der Waals surface area contributed by atoms with E-state index >= 15 is 0 Å². The highest BCUT2D eigenvalue weighted by Crippen LogP contribution is 2.23. The SMILES string of the molecule is CON(C)c1cc(C(F)F)nc(SC)n1. The summed E-state index contributed by atoms with van der Waals surface area (Å²) in [5.41, 5.74) is -0.298. The zero-order valence-electron chi connectivity index (χ0n) is 8.57. The minimum Gasteiger partial charge on any atom is -0.276 e. The number of hydroxylamine groups is 1. The van der Waals surface area contributed by atoms with Gasteiger partial charge in [-0.15, -0.1) is 0 Å². The Morgan fingerprint density at radius 2 is 2.13 bits per heavy atom. The highest BCUT2D eigenvalue weighted by Gasteiger charge is 2.14. The maximum atomic E-state index is 12.5. The Morgan fingerprint density at radius 3 is 2.60 bits per heavy atom. The summed E-state index contributed by atoms with van der Waals surface area (Å²) in [5.74, 6) is 0.312. The van der Waals surface area contributed by atoms with Crippen LogP contribution in [-0.2, 0) is 4.84 Å². The van der Waals surface area contributed by atoms with E-state index < -0.39 is 6.43 Å². The quantitative estimate of drug-likeness (QED) is 0.454. The molecule has 1 rings (SSSR count). The monoisotopic (exact) mass is 235 g/mol. The Morgan fingerprint density at radius 1 is 1.47 bits per heavy atom. The number of halogens is 2. The fourth-order valence-electron chi connectivity index (χ4n) is 0.888. The van der Waals surface area contributed by atoms with Crippen molar-refractivity contribution in [2.24, 2.45) is 0 Å². The number of hydrogen-bond acceptors (Lipinski definition) is 5. The van der Waals surface area contributed by atoms with Gasteiger partial charge in [0.15, 0.2) is 11.0 Å². The molecule has 7 heteroatoms. The lowest BCUT2D eigenvalue weighted by atomic mass is 10.4. The van der Waals surface area contributed by atoms with E-state index in [1.165, 1.54) is 30.0 Å². The van der Waals surface area contributed by atoms with Crippen molar-refractivity contribution < 1.29 is 13.6 Å². The molecule has 15 heavy (non-hydrogen) atoms. The molecule has 4 nitrogen and oxygen atoms in total. The molecule has 0 aliphatic rings. The summed E-state index contributed by atoms with van der Waals surface area (Å²) in [4.78, 5) is 12.6. The van der Waals surface area contributed by atoms with Crippen LogP contribution in [-0.4, -0.2) is 30.4 Å². The Balaban J connectivity index is 3.11. The van der Waals surface area contributed by atoms with Crippen molar-refractivity contribution in [1.82, 2.24) is 9.97 Å². The van der Waals surface area contributed by atoms with Gasteiger partial charge in [0.2, 0.25) is 0 Å². The van der Waals surface area contributed by atoms with Crippen LogP contribution in [0.5, 0.6) is 0 Å². The molecule has 1 aromatic rings. The topological polar surface area (TPSA) is 38.2 Å². The van der Waals surface area contributed by atoms with Gasteiger partial charge in [0.05, 0.1) is 7.11 Å². The first-order chi connectivity index (χ1) is 7.08. The number of hydrogen-bond donors (Lipinski definition) is 0. The minimum atomic E-state index is -2.61. The van der Waals surface area contributed by atoms with Gasteiger partial charge in [0.1, 0.15) is 5.69 Å². The molecule has 84 valence electrons. The van der Waals surface area contributed by atoms with Crippen molar-refractivity contribution in [2.75, 3.05) is 25.5 Å². The molecule has 1 heterocycles. The molecule has 0 N–H and O–H groups in total. The van der Waals surface area contributed by atoms with Gasteiger partial charge in [0.25, 0.3) is 6.43 Å². The molecule has 0 fully saturated rings. The second-order valence-electron chi connectivity index (χ2n) is 2.62. The van der Waals surface area contributed by atoms with Crippen LogP contribution in [0.15, 0.2) is 11.2 Å². The number of rotatable bonds is 4. The Labute approximate surface area is 90.6 Å². The normalized spacial score (nSPS) is 10.8. The van der Waals surface area contributed by atoms with Gasteiger partial charge in [-0.05, 0) is 6.26 Å². The van der Waals surface area contributed by atoms with Crippen LogP contribution >= 0.6 is 11.8 Å². The van der Waals surface area contributed by atoms with Gasteiger partial charge < -0.3 is 0 Å². The third-order valence-corrected chi connectivity index (χ3v) is 2.26. The Bertz CT molecular complexity index is 338. The van der Waals surface area contributed by atoms with E-state index in [-0.39, 0.29) is 5.69 Å². The molecular weight excluding hydrogens is 224 g/mol. The summed E-state index contributed by atoms with van der Waals surface area (Å²) in [5, 5.41) is 1.60. The van der Waals surface area contributed by atoms with Gasteiger partial charge >= 0.3 is 0 Å². The summed E-state index contributed by atoms with van der Waals surface area (Å²) >= 11 is 1.20. The molecule has 0 aromatic carbocycles. The van der Waals surface area contributed by atoms with Crippen LogP contribution in [0.2, 0.25) is 0 Å². The standard InChI is InChI=1S/C8H11F2N3OS/c1-13(14-2)6-4-5(7(9)10)11-8(12-6)15-3/h4,7H,1-3H3. The zero-order chi connectivity index (χ0) is 11.4. The summed E-state index contributed by atoms with van der Waals surface area (Å²) in [6.45, 7) is 0.